The van der Waals surface area contributed by atoms with Gasteiger partial charge in [0, 0.05) is 27.8 Å². The second-order valence-corrected chi connectivity index (χ2v) is 4.76. The summed E-state index contributed by atoms with van der Waals surface area (Å²) in [5.74, 6) is 0. The third kappa shape index (κ3) is 2.36. The number of aldehydes is 1. The predicted molar refractivity (Wildman–Crippen MR) is 57.4 cm³/mol. The number of nitro groups is 1. The predicted octanol–water partition coefficient (Wildman–Crippen LogP) is 2.66. The maximum atomic E-state index is 10.8. The Labute approximate surface area is 90.8 Å². The average molecular weight is 223 g/mol. The summed E-state index contributed by atoms with van der Waals surface area (Å²) in [6.07, 6.45) is 3.01. The Morgan fingerprint density at radius 3 is 2.73 bits per heavy atom. The Bertz CT molecular complexity index is 415. The number of carbonyl (C=O) groups excluding carboxylic acids is 1. The number of rotatable bonds is 4. The van der Waals surface area contributed by atoms with E-state index in [4.69, 9.17) is 0 Å². The summed E-state index contributed by atoms with van der Waals surface area (Å²) < 4.78 is 0. The number of carbonyl (C=O) groups is 1. The second kappa shape index (κ2) is 4.02. The van der Waals surface area contributed by atoms with Crippen LogP contribution in [-0.4, -0.2) is 16.5 Å². The molecule has 0 saturated heterocycles. The first-order valence-corrected chi connectivity index (χ1v) is 5.49. The normalized spacial score (nSPS) is 14.9. The Kier molecular flexibility index (Phi) is 2.73. The molecule has 0 bridgehead atoms. The molecule has 0 amide bonds. The first-order valence-electron chi connectivity index (χ1n) is 4.61. The molecule has 0 heterocycles. The monoisotopic (exact) mass is 223 g/mol. The molecule has 0 aliphatic heterocycles. The lowest BCUT2D eigenvalue weighted by Gasteiger charge is -2.02. The first-order chi connectivity index (χ1) is 7.20. The van der Waals surface area contributed by atoms with E-state index in [1.54, 1.807) is 17.8 Å². The first kappa shape index (κ1) is 10.2. The van der Waals surface area contributed by atoms with Crippen molar-refractivity contribution in [2.45, 2.75) is 23.0 Å². The van der Waals surface area contributed by atoms with Gasteiger partial charge in [0.25, 0.3) is 5.69 Å². The molecule has 0 unspecified atom stereocenters. The maximum absolute atomic E-state index is 10.8. The van der Waals surface area contributed by atoms with Crippen LogP contribution >= 0.6 is 11.8 Å². The molecule has 4 nitrogen and oxygen atoms in total. The van der Waals surface area contributed by atoms with Gasteiger partial charge in [-0.1, -0.05) is 0 Å². The molecule has 1 aliphatic carbocycles. The highest BCUT2D eigenvalue weighted by Gasteiger charge is 2.24. The molecule has 0 atom stereocenters. The van der Waals surface area contributed by atoms with Crippen LogP contribution in [0.15, 0.2) is 23.1 Å². The molecule has 1 aliphatic rings. The van der Waals surface area contributed by atoms with E-state index in [1.807, 2.05) is 0 Å². The maximum Gasteiger partial charge on any atom is 0.270 e. The smallest absolute Gasteiger partial charge is 0.270 e. The lowest BCUT2D eigenvalue weighted by molar-refractivity contribution is -0.384. The summed E-state index contributed by atoms with van der Waals surface area (Å²) >= 11 is 1.63. The highest BCUT2D eigenvalue weighted by atomic mass is 32.2. The Morgan fingerprint density at radius 1 is 1.47 bits per heavy atom. The summed E-state index contributed by atoms with van der Waals surface area (Å²) in [5.41, 5.74) is 0.387. The average Bonchev–Trinajstić information content (AvgIpc) is 3.02. The van der Waals surface area contributed by atoms with Crippen molar-refractivity contribution in [2.75, 3.05) is 0 Å². The molecule has 1 aromatic rings. The van der Waals surface area contributed by atoms with Gasteiger partial charge in [-0.25, -0.2) is 0 Å². The van der Waals surface area contributed by atoms with Gasteiger partial charge in [-0.2, -0.15) is 0 Å². The lowest BCUT2D eigenvalue weighted by Crippen LogP contribution is -1.92. The van der Waals surface area contributed by atoms with Crippen molar-refractivity contribution in [3.05, 3.63) is 33.9 Å². The second-order valence-electron chi connectivity index (χ2n) is 3.41. The standard InChI is InChI=1S/C10H9NO3S/c12-6-7-5-8(11(13)14)1-4-10(7)15-9-2-3-9/h1,4-6,9H,2-3H2. The highest BCUT2D eigenvalue weighted by molar-refractivity contribution is 8.00. The van der Waals surface area contributed by atoms with Crippen LogP contribution in [0.4, 0.5) is 5.69 Å². The van der Waals surface area contributed by atoms with Gasteiger partial charge < -0.3 is 0 Å². The quantitative estimate of drug-likeness (QED) is 0.447. The number of nitro benzene ring substituents is 1. The molecule has 15 heavy (non-hydrogen) atoms. The molecule has 1 fully saturated rings. The molecule has 0 radical (unpaired) electrons. The van der Waals surface area contributed by atoms with Crippen LogP contribution in [0.2, 0.25) is 0 Å². The van der Waals surface area contributed by atoms with Crippen LogP contribution in [0.5, 0.6) is 0 Å². The van der Waals surface area contributed by atoms with E-state index in [0.717, 1.165) is 4.90 Å². The summed E-state index contributed by atoms with van der Waals surface area (Å²) in [6, 6.07) is 4.43. The largest absolute Gasteiger partial charge is 0.298 e. The van der Waals surface area contributed by atoms with Gasteiger partial charge in [-0.05, 0) is 18.9 Å². The minimum Gasteiger partial charge on any atom is -0.298 e. The molecule has 78 valence electrons. The van der Waals surface area contributed by atoms with Gasteiger partial charge in [-0.15, -0.1) is 11.8 Å². The van der Waals surface area contributed by atoms with Crippen molar-refractivity contribution in [1.82, 2.24) is 0 Å². The zero-order valence-electron chi connectivity index (χ0n) is 7.88. The Morgan fingerprint density at radius 2 is 2.20 bits per heavy atom. The summed E-state index contributed by atoms with van der Waals surface area (Å²) in [6.45, 7) is 0. The summed E-state index contributed by atoms with van der Waals surface area (Å²) in [5, 5.41) is 11.1. The van der Waals surface area contributed by atoms with Crippen molar-refractivity contribution in [2.24, 2.45) is 0 Å². The van der Waals surface area contributed by atoms with Crippen molar-refractivity contribution >= 4 is 23.7 Å². The fraction of sp³-hybridized carbons (Fsp3) is 0.300. The van der Waals surface area contributed by atoms with Gasteiger partial charge in [0.2, 0.25) is 0 Å². The molecule has 1 aromatic carbocycles. The molecule has 5 heteroatoms. The zero-order chi connectivity index (χ0) is 10.8. The van der Waals surface area contributed by atoms with E-state index < -0.39 is 4.92 Å². The minimum absolute atomic E-state index is 0.0303. The van der Waals surface area contributed by atoms with Gasteiger partial charge in [0.1, 0.15) is 0 Å². The minimum atomic E-state index is -0.488. The Hall–Kier alpha value is -1.36. The molecule has 0 aromatic heterocycles. The molecular weight excluding hydrogens is 214 g/mol. The van der Waals surface area contributed by atoms with Gasteiger partial charge in [-0.3, -0.25) is 14.9 Å². The third-order valence-corrected chi connectivity index (χ3v) is 3.58. The molecule has 1 saturated carbocycles. The van der Waals surface area contributed by atoms with Crippen LogP contribution in [0.25, 0.3) is 0 Å². The van der Waals surface area contributed by atoms with Crippen LogP contribution < -0.4 is 0 Å². The molecule has 0 spiro atoms. The molecular formula is C10H9NO3S. The Balaban J connectivity index is 2.29. The van der Waals surface area contributed by atoms with Gasteiger partial charge in [0.05, 0.1) is 4.92 Å². The van der Waals surface area contributed by atoms with Gasteiger partial charge >= 0.3 is 0 Å². The number of thioether (sulfide) groups is 1. The molecule has 2 rings (SSSR count). The fourth-order valence-corrected chi connectivity index (χ4v) is 2.33. The van der Waals surface area contributed by atoms with Crippen LogP contribution in [0.1, 0.15) is 23.2 Å². The topological polar surface area (TPSA) is 60.2 Å². The summed E-state index contributed by atoms with van der Waals surface area (Å²) in [4.78, 5) is 21.6. The van der Waals surface area contributed by atoms with E-state index in [2.05, 4.69) is 0 Å². The number of nitrogens with zero attached hydrogens (tertiary/aromatic N) is 1. The van der Waals surface area contributed by atoms with E-state index in [-0.39, 0.29) is 5.69 Å². The number of hydrogen-bond acceptors (Lipinski definition) is 4. The number of hydrogen-bond donors (Lipinski definition) is 0. The lowest BCUT2D eigenvalue weighted by atomic mass is 10.2. The van der Waals surface area contributed by atoms with E-state index >= 15 is 0 Å². The zero-order valence-corrected chi connectivity index (χ0v) is 8.70. The highest BCUT2D eigenvalue weighted by Crippen LogP contribution is 2.40. The third-order valence-electron chi connectivity index (χ3n) is 2.15. The fourth-order valence-electron chi connectivity index (χ4n) is 1.21. The van der Waals surface area contributed by atoms with Crippen molar-refractivity contribution < 1.29 is 9.72 Å². The van der Waals surface area contributed by atoms with E-state index in [9.17, 15) is 14.9 Å². The SMILES string of the molecule is O=Cc1cc([N+](=O)[O-])ccc1SC1CC1. The van der Waals surface area contributed by atoms with Crippen molar-refractivity contribution in [1.29, 1.82) is 0 Å². The van der Waals surface area contributed by atoms with Crippen molar-refractivity contribution in [3.63, 3.8) is 0 Å². The van der Waals surface area contributed by atoms with Crippen LogP contribution in [-0.2, 0) is 0 Å². The van der Waals surface area contributed by atoms with Crippen LogP contribution in [0, 0.1) is 10.1 Å². The summed E-state index contributed by atoms with van der Waals surface area (Å²) in [7, 11) is 0. The van der Waals surface area contributed by atoms with Crippen LogP contribution in [0.3, 0.4) is 0 Å². The number of benzene rings is 1. The van der Waals surface area contributed by atoms with Gasteiger partial charge in [0.15, 0.2) is 6.29 Å². The van der Waals surface area contributed by atoms with Crippen molar-refractivity contribution in [3.8, 4) is 0 Å². The molecule has 0 N–H and O–H groups in total. The van der Waals surface area contributed by atoms with E-state index in [0.29, 0.717) is 17.1 Å². The number of non-ortho nitro benzene ring substituents is 1. The van der Waals surface area contributed by atoms with E-state index in [1.165, 1.54) is 25.0 Å².